The lowest BCUT2D eigenvalue weighted by Crippen LogP contribution is -2.19. The number of thioether (sulfide) groups is 1. The van der Waals surface area contributed by atoms with E-state index in [4.69, 9.17) is 4.52 Å². The number of rotatable bonds is 7. The highest BCUT2D eigenvalue weighted by Crippen LogP contribution is 2.24. The Morgan fingerprint density at radius 3 is 3.05 bits per heavy atom. The van der Waals surface area contributed by atoms with E-state index < -0.39 is 0 Å². The van der Waals surface area contributed by atoms with E-state index in [-0.39, 0.29) is 0 Å². The topological polar surface area (TPSA) is 51.0 Å². The predicted octanol–water partition coefficient (Wildman–Crippen LogP) is 3.42. The van der Waals surface area contributed by atoms with Crippen molar-refractivity contribution >= 4 is 11.8 Å². The van der Waals surface area contributed by atoms with Gasteiger partial charge in [0, 0.05) is 10.9 Å². The standard InChI is InChI=1S/C14H19N3OS/c1-3-7-15-11(2)12-5-4-6-13(8-12)19-9-14-16-10-18-17-14/h4-6,8,10-11,15H,3,7,9H2,1-2H3. The van der Waals surface area contributed by atoms with E-state index in [1.165, 1.54) is 16.9 Å². The molecule has 0 aliphatic carbocycles. The van der Waals surface area contributed by atoms with E-state index in [2.05, 4.69) is 53.6 Å². The molecule has 0 saturated heterocycles. The molecule has 1 aromatic carbocycles. The third-order valence-corrected chi connectivity index (χ3v) is 3.82. The van der Waals surface area contributed by atoms with Gasteiger partial charge in [-0.2, -0.15) is 4.98 Å². The van der Waals surface area contributed by atoms with Crippen molar-refractivity contribution in [3.8, 4) is 0 Å². The number of nitrogens with zero attached hydrogens (tertiary/aromatic N) is 2. The maximum Gasteiger partial charge on any atom is 0.213 e. The van der Waals surface area contributed by atoms with Crippen molar-refractivity contribution in [2.24, 2.45) is 0 Å². The average Bonchev–Trinajstić information content (AvgIpc) is 2.96. The molecule has 2 rings (SSSR count). The summed E-state index contributed by atoms with van der Waals surface area (Å²) in [5.74, 6) is 1.46. The molecule has 19 heavy (non-hydrogen) atoms. The monoisotopic (exact) mass is 277 g/mol. The Hall–Kier alpha value is -1.33. The maximum atomic E-state index is 4.72. The molecule has 5 heteroatoms. The van der Waals surface area contributed by atoms with Crippen molar-refractivity contribution in [1.29, 1.82) is 0 Å². The smallest absolute Gasteiger partial charge is 0.213 e. The molecule has 0 aliphatic heterocycles. The SMILES string of the molecule is CCCNC(C)c1cccc(SCc2ncon2)c1. The van der Waals surface area contributed by atoms with Crippen molar-refractivity contribution in [3.63, 3.8) is 0 Å². The van der Waals surface area contributed by atoms with E-state index in [1.807, 2.05) is 0 Å². The second kappa shape index (κ2) is 7.31. The largest absolute Gasteiger partial charge is 0.343 e. The minimum Gasteiger partial charge on any atom is -0.343 e. The quantitative estimate of drug-likeness (QED) is 0.786. The van der Waals surface area contributed by atoms with Gasteiger partial charge in [-0.25, -0.2) is 0 Å². The fourth-order valence-corrected chi connectivity index (χ4v) is 2.57. The molecule has 1 atom stereocenters. The van der Waals surface area contributed by atoms with Crippen LogP contribution in [0.1, 0.15) is 37.7 Å². The zero-order valence-electron chi connectivity index (χ0n) is 11.3. The molecule has 0 amide bonds. The van der Waals surface area contributed by atoms with E-state index in [0.717, 1.165) is 24.5 Å². The molecule has 102 valence electrons. The second-order valence-corrected chi connectivity index (χ2v) is 5.43. The summed E-state index contributed by atoms with van der Waals surface area (Å²) in [4.78, 5) is 5.25. The van der Waals surface area contributed by atoms with Crippen LogP contribution in [0.4, 0.5) is 0 Å². The van der Waals surface area contributed by atoms with Gasteiger partial charge in [0.15, 0.2) is 5.82 Å². The number of hydrogen-bond acceptors (Lipinski definition) is 5. The number of nitrogens with one attached hydrogen (secondary N) is 1. The van der Waals surface area contributed by atoms with Gasteiger partial charge in [0.25, 0.3) is 0 Å². The highest BCUT2D eigenvalue weighted by molar-refractivity contribution is 7.98. The summed E-state index contributed by atoms with van der Waals surface area (Å²) in [6.07, 6.45) is 2.51. The van der Waals surface area contributed by atoms with Crippen LogP contribution < -0.4 is 5.32 Å². The summed E-state index contributed by atoms with van der Waals surface area (Å²) in [6.45, 7) is 5.41. The third kappa shape index (κ3) is 4.36. The van der Waals surface area contributed by atoms with Gasteiger partial charge in [0.05, 0.1) is 5.75 Å². The van der Waals surface area contributed by atoms with Crippen LogP contribution in [0.2, 0.25) is 0 Å². The van der Waals surface area contributed by atoms with Gasteiger partial charge in [-0.3, -0.25) is 0 Å². The van der Waals surface area contributed by atoms with E-state index in [9.17, 15) is 0 Å². The van der Waals surface area contributed by atoms with Crippen LogP contribution in [0.15, 0.2) is 40.1 Å². The molecule has 1 unspecified atom stereocenters. The Labute approximate surface area is 118 Å². The summed E-state index contributed by atoms with van der Waals surface area (Å²) in [6, 6.07) is 8.97. The molecule has 0 aliphatic rings. The summed E-state index contributed by atoms with van der Waals surface area (Å²) in [5.41, 5.74) is 1.31. The highest BCUT2D eigenvalue weighted by Gasteiger charge is 2.06. The molecule has 0 radical (unpaired) electrons. The van der Waals surface area contributed by atoms with E-state index in [0.29, 0.717) is 6.04 Å². The molecule has 2 aromatic rings. The summed E-state index contributed by atoms with van der Waals surface area (Å²) < 4.78 is 4.72. The van der Waals surface area contributed by atoms with Gasteiger partial charge in [-0.05, 0) is 37.6 Å². The van der Waals surface area contributed by atoms with E-state index >= 15 is 0 Å². The van der Waals surface area contributed by atoms with Crippen LogP contribution in [0.3, 0.4) is 0 Å². The normalized spacial score (nSPS) is 12.5. The first-order valence-corrected chi connectivity index (χ1v) is 7.49. The molecule has 0 spiro atoms. The summed E-state index contributed by atoms with van der Waals surface area (Å²) in [5, 5.41) is 7.31. The number of benzene rings is 1. The van der Waals surface area contributed by atoms with Crippen molar-refractivity contribution in [2.75, 3.05) is 6.54 Å². The van der Waals surface area contributed by atoms with Crippen molar-refractivity contribution in [2.45, 2.75) is 37.0 Å². The first-order valence-electron chi connectivity index (χ1n) is 6.51. The van der Waals surface area contributed by atoms with Gasteiger partial charge in [0.2, 0.25) is 6.39 Å². The van der Waals surface area contributed by atoms with Gasteiger partial charge in [-0.15, -0.1) is 11.8 Å². The first-order chi connectivity index (χ1) is 9.29. The Morgan fingerprint density at radius 2 is 2.32 bits per heavy atom. The van der Waals surface area contributed by atoms with Crippen LogP contribution in [-0.4, -0.2) is 16.7 Å². The molecule has 0 fully saturated rings. The van der Waals surface area contributed by atoms with Crippen molar-refractivity contribution in [1.82, 2.24) is 15.5 Å². The Morgan fingerprint density at radius 1 is 1.42 bits per heavy atom. The van der Waals surface area contributed by atoms with Crippen molar-refractivity contribution < 1.29 is 4.52 Å². The second-order valence-electron chi connectivity index (χ2n) is 4.38. The van der Waals surface area contributed by atoms with Crippen LogP contribution in [0.5, 0.6) is 0 Å². The predicted molar refractivity (Wildman–Crippen MR) is 77.0 cm³/mol. The fraction of sp³-hybridized carbons (Fsp3) is 0.429. The zero-order chi connectivity index (χ0) is 13.5. The number of aromatic nitrogens is 2. The molecular weight excluding hydrogens is 258 g/mol. The van der Waals surface area contributed by atoms with Crippen LogP contribution in [0, 0.1) is 0 Å². The maximum absolute atomic E-state index is 4.72. The third-order valence-electron chi connectivity index (χ3n) is 2.83. The first kappa shape index (κ1) is 14.1. The minimum atomic E-state index is 0.380. The summed E-state index contributed by atoms with van der Waals surface area (Å²) >= 11 is 1.72. The molecule has 1 N–H and O–H groups in total. The summed E-state index contributed by atoms with van der Waals surface area (Å²) in [7, 11) is 0. The van der Waals surface area contributed by atoms with Gasteiger partial charge in [-0.1, -0.05) is 24.2 Å². The van der Waals surface area contributed by atoms with Gasteiger partial charge >= 0.3 is 0 Å². The Balaban J connectivity index is 1.94. The molecule has 1 heterocycles. The lowest BCUT2D eigenvalue weighted by atomic mass is 10.1. The van der Waals surface area contributed by atoms with Gasteiger partial charge < -0.3 is 9.84 Å². The lowest BCUT2D eigenvalue weighted by Gasteiger charge is -2.14. The highest BCUT2D eigenvalue weighted by atomic mass is 32.2. The number of hydrogen-bond donors (Lipinski definition) is 1. The van der Waals surface area contributed by atoms with Gasteiger partial charge in [0.1, 0.15) is 0 Å². The molecular formula is C14H19N3OS. The molecule has 1 aromatic heterocycles. The zero-order valence-corrected chi connectivity index (χ0v) is 12.1. The molecule has 0 bridgehead atoms. The average molecular weight is 277 g/mol. The van der Waals surface area contributed by atoms with Crippen LogP contribution in [-0.2, 0) is 5.75 Å². The van der Waals surface area contributed by atoms with Crippen molar-refractivity contribution in [3.05, 3.63) is 42.0 Å². The molecule has 0 saturated carbocycles. The molecule has 4 nitrogen and oxygen atoms in total. The van der Waals surface area contributed by atoms with Crippen LogP contribution in [0.25, 0.3) is 0 Å². The minimum absolute atomic E-state index is 0.380. The van der Waals surface area contributed by atoms with E-state index in [1.54, 1.807) is 11.8 Å². The lowest BCUT2D eigenvalue weighted by molar-refractivity contribution is 0.412. The Bertz CT molecular complexity index is 487. The van der Waals surface area contributed by atoms with Crippen LogP contribution >= 0.6 is 11.8 Å². The fourth-order valence-electron chi connectivity index (χ4n) is 1.76. The Kier molecular flexibility index (Phi) is 5.42.